The van der Waals surface area contributed by atoms with Crippen molar-refractivity contribution in [3.8, 4) is 0 Å². The first kappa shape index (κ1) is 16.7. The Balaban J connectivity index is 1.59. The molecular formula is C19H36N2O. The van der Waals surface area contributed by atoms with Gasteiger partial charge in [-0.25, -0.2) is 0 Å². The van der Waals surface area contributed by atoms with Crippen molar-refractivity contribution in [1.29, 1.82) is 0 Å². The molecule has 2 atom stereocenters. The summed E-state index contributed by atoms with van der Waals surface area (Å²) in [5.41, 5.74) is 1.40. The normalized spacial score (nSPS) is 38.5. The molecule has 128 valence electrons. The number of nitrogens with one attached hydrogen (secondary N) is 2. The number of rotatable bonds is 3. The molecule has 3 aliphatic rings. The SMILES string of the molecule is CC1(C)CC(NCC2CNCCC23CCOC3)CC(C)(C)C1. The van der Waals surface area contributed by atoms with Gasteiger partial charge in [0.05, 0.1) is 6.61 Å². The predicted octanol–water partition coefficient (Wildman–Crippen LogP) is 3.20. The van der Waals surface area contributed by atoms with Crippen LogP contribution in [0, 0.1) is 22.2 Å². The molecule has 3 heteroatoms. The summed E-state index contributed by atoms with van der Waals surface area (Å²) in [5, 5.41) is 7.57. The predicted molar refractivity (Wildman–Crippen MR) is 92.0 cm³/mol. The van der Waals surface area contributed by atoms with Crippen LogP contribution in [0.4, 0.5) is 0 Å². The van der Waals surface area contributed by atoms with Crippen LogP contribution in [0.3, 0.4) is 0 Å². The Bertz CT molecular complexity index is 369. The third-order valence-corrected chi connectivity index (χ3v) is 6.40. The molecular weight excluding hydrogens is 272 g/mol. The molecule has 2 N–H and O–H groups in total. The molecule has 0 amide bonds. The second-order valence-corrected chi connectivity index (χ2v) is 9.83. The van der Waals surface area contributed by atoms with Gasteiger partial charge in [-0.2, -0.15) is 0 Å². The van der Waals surface area contributed by atoms with Crippen molar-refractivity contribution < 1.29 is 4.74 Å². The minimum atomic E-state index is 0.456. The van der Waals surface area contributed by atoms with Crippen molar-refractivity contribution in [2.24, 2.45) is 22.2 Å². The summed E-state index contributed by atoms with van der Waals surface area (Å²) >= 11 is 0. The Kier molecular flexibility index (Phi) is 4.61. The van der Waals surface area contributed by atoms with Crippen LogP contribution in [0.15, 0.2) is 0 Å². The van der Waals surface area contributed by atoms with E-state index in [0.717, 1.165) is 32.2 Å². The number of piperidine rings is 1. The Labute approximate surface area is 137 Å². The molecule has 1 saturated carbocycles. The molecule has 2 heterocycles. The van der Waals surface area contributed by atoms with Crippen molar-refractivity contribution in [2.45, 2.75) is 65.8 Å². The van der Waals surface area contributed by atoms with Gasteiger partial charge in [-0.1, -0.05) is 27.7 Å². The fourth-order valence-electron chi connectivity index (χ4n) is 5.76. The van der Waals surface area contributed by atoms with E-state index < -0.39 is 0 Å². The molecule has 0 radical (unpaired) electrons. The van der Waals surface area contributed by atoms with Gasteiger partial charge in [-0.05, 0) is 61.9 Å². The van der Waals surface area contributed by atoms with E-state index in [0.29, 0.717) is 22.3 Å². The van der Waals surface area contributed by atoms with Gasteiger partial charge in [0.15, 0.2) is 0 Å². The molecule has 0 aromatic heterocycles. The van der Waals surface area contributed by atoms with E-state index in [2.05, 4.69) is 38.3 Å². The van der Waals surface area contributed by atoms with Gasteiger partial charge in [0.25, 0.3) is 0 Å². The second kappa shape index (κ2) is 6.07. The van der Waals surface area contributed by atoms with Gasteiger partial charge in [0.2, 0.25) is 0 Å². The van der Waals surface area contributed by atoms with Crippen LogP contribution in [0.2, 0.25) is 0 Å². The van der Waals surface area contributed by atoms with E-state index in [1.54, 1.807) is 0 Å². The summed E-state index contributed by atoms with van der Waals surface area (Å²) in [7, 11) is 0. The molecule has 3 fully saturated rings. The maximum Gasteiger partial charge on any atom is 0.0527 e. The van der Waals surface area contributed by atoms with Gasteiger partial charge in [-0.3, -0.25) is 0 Å². The molecule has 0 aromatic carbocycles. The Morgan fingerprint density at radius 1 is 1.09 bits per heavy atom. The Morgan fingerprint density at radius 3 is 2.45 bits per heavy atom. The van der Waals surface area contributed by atoms with Crippen LogP contribution in [0.25, 0.3) is 0 Å². The summed E-state index contributed by atoms with van der Waals surface area (Å²) in [6.45, 7) is 15.2. The first-order chi connectivity index (χ1) is 10.3. The third kappa shape index (κ3) is 3.68. The average Bonchev–Trinajstić information content (AvgIpc) is 2.83. The third-order valence-electron chi connectivity index (χ3n) is 6.40. The minimum Gasteiger partial charge on any atom is -0.381 e. The zero-order chi connectivity index (χ0) is 15.8. The fourth-order valence-corrected chi connectivity index (χ4v) is 5.76. The highest BCUT2D eigenvalue weighted by atomic mass is 16.5. The van der Waals surface area contributed by atoms with Gasteiger partial charge >= 0.3 is 0 Å². The summed E-state index contributed by atoms with van der Waals surface area (Å²) in [5.74, 6) is 0.733. The van der Waals surface area contributed by atoms with Crippen molar-refractivity contribution in [2.75, 3.05) is 32.8 Å². The highest BCUT2D eigenvalue weighted by molar-refractivity contribution is 4.97. The van der Waals surface area contributed by atoms with E-state index >= 15 is 0 Å². The lowest BCUT2D eigenvalue weighted by molar-refractivity contribution is 0.0572. The molecule has 2 saturated heterocycles. The summed E-state index contributed by atoms with van der Waals surface area (Å²) in [4.78, 5) is 0. The van der Waals surface area contributed by atoms with E-state index in [9.17, 15) is 0 Å². The highest BCUT2D eigenvalue weighted by Gasteiger charge is 2.44. The maximum absolute atomic E-state index is 5.77. The summed E-state index contributed by atoms with van der Waals surface area (Å²) in [6.07, 6.45) is 6.55. The highest BCUT2D eigenvalue weighted by Crippen LogP contribution is 2.46. The van der Waals surface area contributed by atoms with Crippen LogP contribution in [0.1, 0.15) is 59.8 Å². The number of ether oxygens (including phenoxy) is 1. The fraction of sp³-hybridized carbons (Fsp3) is 1.00. The van der Waals surface area contributed by atoms with E-state index in [-0.39, 0.29) is 0 Å². The molecule has 2 aliphatic heterocycles. The molecule has 3 rings (SSSR count). The minimum absolute atomic E-state index is 0.456. The number of hydrogen-bond donors (Lipinski definition) is 2. The van der Waals surface area contributed by atoms with Gasteiger partial charge in [-0.15, -0.1) is 0 Å². The second-order valence-electron chi connectivity index (χ2n) is 9.83. The topological polar surface area (TPSA) is 33.3 Å². The van der Waals surface area contributed by atoms with Gasteiger partial charge in [0.1, 0.15) is 0 Å². The standard InChI is InChI=1S/C19H36N2O/c1-17(2)9-16(10-18(3,4)13-17)21-12-15-11-20-7-5-19(15)6-8-22-14-19/h15-16,20-21H,5-14H2,1-4H3. The van der Waals surface area contributed by atoms with Crippen molar-refractivity contribution in [3.63, 3.8) is 0 Å². The van der Waals surface area contributed by atoms with Crippen molar-refractivity contribution in [3.05, 3.63) is 0 Å². The lowest BCUT2D eigenvalue weighted by Gasteiger charge is -2.47. The average molecular weight is 309 g/mol. The lowest BCUT2D eigenvalue weighted by atomic mass is 9.63. The lowest BCUT2D eigenvalue weighted by Crippen LogP contribution is -2.52. The Morgan fingerprint density at radius 2 is 1.82 bits per heavy atom. The molecule has 2 unspecified atom stereocenters. The van der Waals surface area contributed by atoms with Crippen LogP contribution < -0.4 is 10.6 Å². The van der Waals surface area contributed by atoms with E-state index in [4.69, 9.17) is 4.74 Å². The quantitative estimate of drug-likeness (QED) is 0.840. The molecule has 22 heavy (non-hydrogen) atoms. The Hall–Kier alpha value is -0.120. The summed E-state index contributed by atoms with van der Waals surface area (Å²) < 4.78 is 5.77. The zero-order valence-corrected chi connectivity index (χ0v) is 15.1. The largest absolute Gasteiger partial charge is 0.381 e. The van der Waals surface area contributed by atoms with Crippen LogP contribution in [-0.2, 0) is 4.74 Å². The number of hydrogen-bond acceptors (Lipinski definition) is 3. The molecule has 1 aliphatic carbocycles. The van der Waals surface area contributed by atoms with Gasteiger partial charge in [0, 0.05) is 24.6 Å². The monoisotopic (exact) mass is 308 g/mol. The molecule has 1 spiro atoms. The van der Waals surface area contributed by atoms with Crippen molar-refractivity contribution in [1.82, 2.24) is 10.6 Å². The van der Waals surface area contributed by atoms with Crippen LogP contribution in [0.5, 0.6) is 0 Å². The van der Waals surface area contributed by atoms with Gasteiger partial charge < -0.3 is 15.4 Å². The van der Waals surface area contributed by atoms with Crippen LogP contribution in [-0.4, -0.2) is 38.9 Å². The molecule has 0 bridgehead atoms. The molecule has 3 nitrogen and oxygen atoms in total. The van der Waals surface area contributed by atoms with E-state index in [1.165, 1.54) is 38.6 Å². The zero-order valence-electron chi connectivity index (χ0n) is 15.1. The van der Waals surface area contributed by atoms with Crippen LogP contribution >= 0.6 is 0 Å². The molecule has 0 aromatic rings. The van der Waals surface area contributed by atoms with Crippen molar-refractivity contribution >= 4 is 0 Å². The van der Waals surface area contributed by atoms with E-state index in [1.807, 2.05) is 0 Å². The first-order valence-electron chi connectivity index (χ1n) is 9.32. The maximum atomic E-state index is 5.77. The smallest absolute Gasteiger partial charge is 0.0527 e. The first-order valence-corrected chi connectivity index (χ1v) is 9.32. The summed E-state index contributed by atoms with van der Waals surface area (Å²) in [6, 6.07) is 0.681.